The van der Waals surface area contributed by atoms with Crippen LogP contribution in [0.3, 0.4) is 0 Å². The fourth-order valence-corrected chi connectivity index (χ4v) is 2.79. The van der Waals surface area contributed by atoms with Gasteiger partial charge in [0.1, 0.15) is 6.07 Å². The molecule has 2 unspecified atom stereocenters. The first-order chi connectivity index (χ1) is 8.74. The Morgan fingerprint density at radius 1 is 1.39 bits per heavy atom. The van der Waals surface area contributed by atoms with Crippen LogP contribution in [-0.2, 0) is 0 Å². The van der Waals surface area contributed by atoms with Crippen LogP contribution in [0.15, 0.2) is 18.2 Å². The van der Waals surface area contributed by atoms with Gasteiger partial charge in [0.25, 0.3) is 0 Å². The SMILES string of the molecule is N#Cc1ccc(Cl)cc1NC1CCCCC1CN. The molecule has 0 aliphatic heterocycles. The molecular weight excluding hydrogens is 246 g/mol. The van der Waals surface area contributed by atoms with Crippen LogP contribution in [-0.4, -0.2) is 12.6 Å². The molecule has 0 spiro atoms. The third-order valence-corrected chi connectivity index (χ3v) is 3.89. The van der Waals surface area contributed by atoms with Crippen LogP contribution >= 0.6 is 11.6 Å². The standard InChI is InChI=1S/C14H18ClN3/c15-12-6-5-11(9-17)14(7-12)18-13-4-2-1-3-10(13)8-16/h5-7,10,13,18H,1-4,8,16H2. The molecule has 0 heterocycles. The van der Waals surface area contributed by atoms with Crippen LogP contribution in [0.2, 0.25) is 5.02 Å². The molecule has 0 saturated heterocycles. The van der Waals surface area contributed by atoms with Gasteiger partial charge in [0.15, 0.2) is 0 Å². The maximum atomic E-state index is 9.10. The van der Waals surface area contributed by atoms with Crippen molar-refractivity contribution < 1.29 is 0 Å². The zero-order valence-electron chi connectivity index (χ0n) is 10.3. The zero-order valence-corrected chi connectivity index (χ0v) is 11.1. The van der Waals surface area contributed by atoms with E-state index in [1.807, 2.05) is 6.07 Å². The van der Waals surface area contributed by atoms with Crippen LogP contribution in [0.1, 0.15) is 31.2 Å². The summed E-state index contributed by atoms with van der Waals surface area (Å²) in [4.78, 5) is 0. The second kappa shape index (κ2) is 6.08. The highest BCUT2D eigenvalue weighted by atomic mass is 35.5. The highest BCUT2D eigenvalue weighted by Gasteiger charge is 2.24. The zero-order chi connectivity index (χ0) is 13.0. The smallest absolute Gasteiger partial charge is 0.101 e. The summed E-state index contributed by atoms with van der Waals surface area (Å²) in [5.41, 5.74) is 7.29. The molecule has 1 saturated carbocycles. The average molecular weight is 264 g/mol. The van der Waals surface area contributed by atoms with Crippen molar-refractivity contribution in [3.63, 3.8) is 0 Å². The Kier molecular flexibility index (Phi) is 4.46. The lowest BCUT2D eigenvalue weighted by Crippen LogP contribution is -2.36. The molecule has 1 aromatic rings. The van der Waals surface area contributed by atoms with Gasteiger partial charge in [-0.3, -0.25) is 0 Å². The van der Waals surface area contributed by atoms with Gasteiger partial charge in [-0.2, -0.15) is 5.26 Å². The number of hydrogen-bond acceptors (Lipinski definition) is 3. The van der Waals surface area contributed by atoms with Crippen LogP contribution in [0.5, 0.6) is 0 Å². The Labute approximate surface area is 113 Å². The maximum absolute atomic E-state index is 9.10. The topological polar surface area (TPSA) is 61.8 Å². The maximum Gasteiger partial charge on any atom is 0.101 e. The number of rotatable bonds is 3. The lowest BCUT2D eigenvalue weighted by molar-refractivity contribution is 0.332. The summed E-state index contributed by atoms with van der Waals surface area (Å²) in [6.07, 6.45) is 4.74. The van der Waals surface area contributed by atoms with E-state index in [1.54, 1.807) is 12.1 Å². The monoisotopic (exact) mass is 263 g/mol. The van der Waals surface area contributed by atoms with Gasteiger partial charge in [-0.15, -0.1) is 0 Å². The van der Waals surface area contributed by atoms with Gasteiger partial charge in [0.05, 0.1) is 11.3 Å². The van der Waals surface area contributed by atoms with Gasteiger partial charge in [0, 0.05) is 11.1 Å². The molecule has 0 aromatic heterocycles. The molecule has 1 aliphatic carbocycles. The molecule has 1 fully saturated rings. The van der Waals surface area contributed by atoms with Crippen molar-refractivity contribution in [2.24, 2.45) is 11.7 Å². The minimum Gasteiger partial charge on any atom is -0.381 e. The number of halogens is 1. The van der Waals surface area contributed by atoms with Gasteiger partial charge >= 0.3 is 0 Å². The fourth-order valence-electron chi connectivity index (χ4n) is 2.61. The Morgan fingerprint density at radius 3 is 2.89 bits per heavy atom. The molecular formula is C14H18ClN3. The van der Waals surface area contributed by atoms with E-state index in [2.05, 4.69) is 11.4 Å². The third kappa shape index (κ3) is 2.95. The molecule has 1 aliphatic rings. The average Bonchev–Trinajstić information content (AvgIpc) is 2.40. The molecule has 1 aromatic carbocycles. The van der Waals surface area contributed by atoms with Gasteiger partial charge in [-0.25, -0.2) is 0 Å². The lowest BCUT2D eigenvalue weighted by Gasteiger charge is -2.32. The summed E-state index contributed by atoms with van der Waals surface area (Å²) in [5, 5.41) is 13.2. The largest absolute Gasteiger partial charge is 0.381 e. The summed E-state index contributed by atoms with van der Waals surface area (Å²) in [5.74, 6) is 0.490. The summed E-state index contributed by atoms with van der Waals surface area (Å²) < 4.78 is 0. The molecule has 2 rings (SSSR count). The molecule has 18 heavy (non-hydrogen) atoms. The molecule has 0 radical (unpaired) electrons. The summed E-state index contributed by atoms with van der Waals surface area (Å²) in [6, 6.07) is 7.87. The van der Waals surface area contributed by atoms with E-state index in [1.165, 1.54) is 12.8 Å². The Morgan fingerprint density at radius 2 is 2.17 bits per heavy atom. The number of hydrogen-bond donors (Lipinski definition) is 2. The number of nitrogens with zero attached hydrogens (tertiary/aromatic N) is 1. The lowest BCUT2D eigenvalue weighted by atomic mass is 9.84. The molecule has 96 valence electrons. The van der Waals surface area contributed by atoms with E-state index in [-0.39, 0.29) is 0 Å². The predicted molar refractivity (Wildman–Crippen MR) is 74.6 cm³/mol. The van der Waals surface area contributed by atoms with E-state index in [0.717, 1.165) is 18.5 Å². The number of anilines is 1. The van der Waals surface area contributed by atoms with Crippen molar-refractivity contribution in [2.45, 2.75) is 31.7 Å². The summed E-state index contributed by atoms with van der Waals surface area (Å²) >= 11 is 5.99. The van der Waals surface area contributed by atoms with Crippen LogP contribution < -0.4 is 11.1 Å². The minimum absolute atomic E-state index is 0.356. The molecule has 3 nitrogen and oxygen atoms in total. The van der Waals surface area contributed by atoms with Gasteiger partial charge in [-0.05, 0) is 43.5 Å². The first-order valence-corrected chi connectivity index (χ1v) is 6.78. The van der Waals surface area contributed by atoms with E-state index >= 15 is 0 Å². The van der Waals surface area contributed by atoms with Crippen molar-refractivity contribution in [1.29, 1.82) is 5.26 Å². The van der Waals surface area contributed by atoms with E-state index < -0.39 is 0 Å². The molecule has 0 amide bonds. The van der Waals surface area contributed by atoms with E-state index in [0.29, 0.717) is 29.1 Å². The summed E-state index contributed by atoms with van der Waals surface area (Å²) in [6.45, 7) is 0.695. The highest BCUT2D eigenvalue weighted by Crippen LogP contribution is 2.29. The molecule has 4 heteroatoms. The van der Waals surface area contributed by atoms with Crippen molar-refractivity contribution >= 4 is 17.3 Å². The van der Waals surface area contributed by atoms with Crippen LogP contribution in [0.25, 0.3) is 0 Å². The number of nitrogens with two attached hydrogens (primary N) is 1. The highest BCUT2D eigenvalue weighted by molar-refractivity contribution is 6.30. The summed E-state index contributed by atoms with van der Waals surface area (Å²) in [7, 11) is 0. The normalized spacial score (nSPS) is 23.4. The van der Waals surface area contributed by atoms with Gasteiger partial charge in [0.2, 0.25) is 0 Å². The van der Waals surface area contributed by atoms with Crippen molar-refractivity contribution in [3.05, 3.63) is 28.8 Å². The second-order valence-electron chi connectivity index (χ2n) is 4.83. The number of benzene rings is 1. The first kappa shape index (κ1) is 13.2. The Hall–Kier alpha value is -1.24. The first-order valence-electron chi connectivity index (χ1n) is 6.41. The van der Waals surface area contributed by atoms with Gasteiger partial charge in [-0.1, -0.05) is 24.4 Å². The van der Waals surface area contributed by atoms with Crippen molar-refractivity contribution in [2.75, 3.05) is 11.9 Å². The second-order valence-corrected chi connectivity index (χ2v) is 5.27. The van der Waals surface area contributed by atoms with Gasteiger partial charge < -0.3 is 11.1 Å². The molecule has 0 bridgehead atoms. The number of nitriles is 1. The quantitative estimate of drug-likeness (QED) is 0.881. The molecule has 3 N–H and O–H groups in total. The van der Waals surface area contributed by atoms with Crippen molar-refractivity contribution in [3.8, 4) is 6.07 Å². The predicted octanol–water partition coefficient (Wildman–Crippen LogP) is 3.14. The molecule has 2 atom stereocenters. The third-order valence-electron chi connectivity index (χ3n) is 3.65. The van der Waals surface area contributed by atoms with E-state index in [4.69, 9.17) is 22.6 Å². The van der Waals surface area contributed by atoms with Crippen LogP contribution in [0.4, 0.5) is 5.69 Å². The fraction of sp³-hybridized carbons (Fsp3) is 0.500. The Bertz CT molecular complexity index is 453. The minimum atomic E-state index is 0.356. The van der Waals surface area contributed by atoms with E-state index in [9.17, 15) is 0 Å². The van der Waals surface area contributed by atoms with Crippen molar-refractivity contribution in [1.82, 2.24) is 0 Å². The Balaban J connectivity index is 2.17. The number of nitrogens with one attached hydrogen (secondary N) is 1. The van der Waals surface area contributed by atoms with Crippen LogP contribution in [0, 0.1) is 17.2 Å².